The summed E-state index contributed by atoms with van der Waals surface area (Å²) in [6, 6.07) is 19.2. The number of piperidine rings is 2. The maximum Gasteiger partial charge on any atom is 0.255 e. The zero-order valence-corrected chi connectivity index (χ0v) is 31.4. The number of nitrogens with zero attached hydrogens (tertiary/aromatic N) is 4. The highest BCUT2D eigenvalue weighted by Crippen LogP contribution is 2.48. The number of ether oxygens (including phenoxy) is 1. The Morgan fingerprint density at radius 1 is 0.754 bits per heavy atom. The van der Waals surface area contributed by atoms with Gasteiger partial charge in [0.1, 0.15) is 23.4 Å². The van der Waals surface area contributed by atoms with Crippen LogP contribution >= 0.6 is 0 Å². The summed E-state index contributed by atoms with van der Waals surface area (Å²) in [4.78, 5) is 45.8. The lowest BCUT2D eigenvalue weighted by Gasteiger charge is -2.40. The topological polar surface area (TPSA) is 106 Å². The Morgan fingerprint density at radius 3 is 2.28 bits per heavy atom. The van der Waals surface area contributed by atoms with E-state index in [1.54, 1.807) is 29.2 Å². The van der Waals surface area contributed by atoms with Gasteiger partial charge < -0.3 is 24.5 Å². The summed E-state index contributed by atoms with van der Waals surface area (Å²) in [5.74, 6) is -2.89. The zero-order chi connectivity index (χ0) is 39.4. The van der Waals surface area contributed by atoms with Gasteiger partial charge in [0.25, 0.3) is 5.91 Å². The summed E-state index contributed by atoms with van der Waals surface area (Å²) in [7, 11) is 0. The first-order chi connectivity index (χ1) is 27.6. The number of anilines is 2. The number of imide groups is 1. The molecule has 13 heteroatoms. The standard InChI is InChI=1S/C44H44F3N5O5/c45-35-7-1-27(20-36(35)46)34-25-57-40-22-31(53)4-6-33(40)42(34)28-2-8-38(37(47)21-28)51-13-11-26(12-14-51)23-49-15-17-50(18-16-49)30-3-5-32-29(19-30)24-52(44(32)56)39-9-10-41(54)48-43(39)55/h1-8,19-22,26,34,39,42,53H,9-18,23-25H2,(H,48,54,55)/t34?,39-,42?/m0/s1. The monoisotopic (exact) mass is 779 g/mol. The van der Waals surface area contributed by atoms with E-state index in [9.17, 15) is 28.3 Å². The Bertz CT molecular complexity index is 2240. The van der Waals surface area contributed by atoms with E-state index >= 15 is 4.39 Å². The molecule has 0 aliphatic carbocycles. The number of aromatic hydroxyl groups is 1. The number of hydrogen-bond donors (Lipinski definition) is 2. The zero-order valence-electron chi connectivity index (χ0n) is 31.4. The molecule has 10 nitrogen and oxygen atoms in total. The maximum absolute atomic E-state index is 16.1. The van der Waals surface area contributed by atoms with E-state index < -0.39 is 35.4 Å². The third-order valence-corrected chi connectivity index (χ3v) is 12.6. The van der Waals surface area contributed by atoms with Crippen LogP contribution in [0, 0.1) is 23.4 Å². The lowest BCUT2D eigenvalue weighted by Crippen LogP contribution is -2.52. The van der Waals surface area contributed by atoms with Crippen LogP contribution in [0.2, 0.25) is 0 Å². The fraction of sp³-hybridized carbons (Fsp3) is 0.386. The lowest BCUT2D eigenvalue weighted by atomic mass is 9.75. The second kappa shape index (κ2) is 15.1. The van der Waals surface area contributed by atoms with Crippen LogP contribution in [0.4, 0.5) is 24.5 Å². The number of piperazine rings is 1. The van der Waals surface area contributed by atoms with Crippen molar-refractivity contribution >= 4 is 29.1 Å². The first kappa shape index (κ1) is 37.0. The number of hydrogen-bond acceptors (Lipinski definition) is 8. The van der Waals surface area contributed by atoms with Crippen LogP contribution in [-0.4, -0.2) is 91.1 Å². The molecule has 3 amide bonds. The van der Waals surface area contributed by atoms with Gasteiger partial charge in [-0.05, 0) is 90.4 Å². The number of carbonyl (C=O) groups excluding carboxylic acids is 3. The molecule has 0 spiro atoms. The van der Waals surface area contributed by atoms with Gasteiger partial charge in [0, 0.05) is 93.5 Å². The normalized spacial score (nSPS) is 23.0. The molecule has 0 radical (unpaired) electrons. The van der Waals surface area contributed by atoms with Crippen molar-refractivity contribution in [1.29, 1.82) is 0 Å². The Balaban J connectivity index is 0.803. The fourth-order valence-corrected chi connectivity index (χ4v) is 9.48. The highest BCUT2D eigenvalue weighted by molar-refractivity contribution is 6.05. The molecule has 3 atom stereocenters. The van der Waals surface area contributed by atoms with E-state index in [0.29, 0.717) is 47.0 Å². The molecule has 57 heavy (non-hydrogen) atoms. The Hall–Kier alpha value is -5.56. The maximum atomic E-state index is 16.1. The van der Waals surface area contributed by atoms with Crippen molar-refractivity contribution in [2.45, 2.75) is 50.1 Å². The number of benzene rings is 4. The number of phenolic OH excluding ortho intramolecular Hbond substituents is 1. The van der Waals surface area contributed by atoms with Gasteiger partial charge >= 0.3 is 0 Å². The molecule has 5 aliphatic rings. The van der Waals surface area contributed by atoms with E-state index in [4.69, 9.17) is 4.74 Å². The molecule has 4 aromatic rings. The molecular weight excluding hydrogens is 736 g/mol. The van der Waals surface area contributed by atoms with Gasteiger partial charge in [-0.25, -0.2) is 13.2 Å². The average molecular weight is 780 g/mol. The van der Waals surface area contributed by atoms with Crippen LogP contribution in [0.1, 0.15) is 70.1 Å². The Morgan fingerprint density at radius 2 is 1.53 bits per heavy atom. The highest BCUT2D eigenvalue weighted by atomic mass is 19.2. The third kappa shape index (κ3) is 7.17. The van der Waals surface area contributed by atoms with Gasteiger partial charge in [-0.2, -0.15) is 0 Å². The van der Waals surface area contributed by atoms with Crippen LogP contribution in [0.25, 0.3) is 0 Å². The van der Waals surface area contributed by atoms with Gasteiger partial charge in [-0.3, -0.25) is 24.6 Å². The molecule has 0 aromatic heterocycles. The molecule has 5 heterocycles. The number of halogens is 3. The summed E-state index contributed by atoms with van der Waals surface area (Å²) in [6.45, 7) is 6.50. The van der Waals surface area contributed by atoms with Gasteiger partial charge in [-0.1, -0.05) is 18.2 Å². The fourth-order valence-electron chi connectivity index (χ4n) is 9.48. The van der Waals surface area contributed by atoms with Crippen molar-refractivity contribution in [2.24, 2.45) is 5.92 Å². The number of phenols is 1. The molecule has 3 saturated heterocycles. The number of carbonyl (C=O) groups is 3. The van der Waals surface area contributed by atoms with Crippen molar-refractivity contribution in [1.82, 2.24) is 15.1 Å². The number of fused-ring (bicyclic) bond motifs is 2. The SMILES string of the molecule is O=C1CC[C@H](N2Cc3cc(N4CCN(CC5CCN(c6ccc(C7c8ccc(O)cc8OCC7c7ccc(F)c(F)c7)cc6F)CC5)CC4)ccc3C2=O)C(=O)N1. The van der Waals surface area contributed by atoms with Crippen molar-refractivity contribution in [3.8, 4) is 11.5 Å². The van der Waals surface area contributed by atoms with E-state index in [1.807, 2.05) is 24.3 Å². The van der Waals surface area contributed by atoms with Crippen molar-refractivity contribution in [3.63, 3.8) is 0 Å². The van der Waals surface area contributed by atoms with Crippen LogP contribution in [0.15, 0.2) is 72.8 Å². The summed E-state index contributed by atoms with van der Waals surface area (Å²) in [5, 5.41) is 12.5. The van der Waals surface area contributed by atoms with E-state index in [-0.39, 0.29) is 36.4 Å². The van der Waals surface area contributed by atoms with E-state index in [0.717, 1.165) is 81.5 Å². The van der Waals surface area contributed by atoms with Crippen LogP contribution in [0.5, 0.6) is 11.5 Å². The first-order valence-electron chi connectivity index (χ1n) is 19.8. The quantitative estimate of drug-likeness (QED) is 0.223. The van der Waals surface area contributed by atoms with E-state index in [2.05, 4.69) is 26.1 Å². The second-order valence-corrected chi connectivity index (χ2v) is 16.0. The summed E-state index contributed by atoms with van der Waals surface area (Å²) in [5.41, 5.74) is 5.11. The molecule has 3 fully saturated rings. The molecule has 0 bridgehead atoms. The lowest BCUT2D eigenvalue weighted by molar-refractivity contribution is -0.136. The molecule has 296 valence electrons. The van der Waals surface area contributed by atoms with Gasteiger partial charge in [0.15, 0.2) is 11.6 Å². The molecule has 5 aliphatic heterocycles. The highest BCUT2D eigenvalue weighted by Gasteiger charge is 2.40. The summed E-state index contributed by atoms with van der Waals surface area (Å²) in [6.07, 6.45) is 2.46. The second-order valence-electron chi connectivity index (χ2n) is 16.0. The minimum Gasteiger partial charge on any atom is -0.508 e. The largest absolute Gasteiger partial charge is 0.508 e. The van der Waals surface area contributed by atoms with Gasteiger partial charge in [0.2, 0.25) is 11.8 Å². The van der Waals surface area contributed by atoms with Crippen LogP contribution in [0.3, 0.4) is 0 Å². The molecule has 2 N–H and O–H groups in total. The van der Waals surface area contributed by atoms with Crippen molar-refractivity contribution in [3.05, 3.63) is 118 Å². The first-order valence-corrected chi connectivity index (χ1v) is 19.8. The van der Waals surface area contributed by atoms with Crippen LogP contribution < -0.4 is 19.9 Å². The minimum absolute atomic E-state index is 0.0448. The summed E-state index contributed by atoms with van der Waals surface area (Å²) >= 11 is 0. The van der Waals surface area contributed by atoms with Gasteiger partial charge in [-0.15, -0.1) is 0 Å². The Kier molecular flexibility index (Phi) is 9.80. The number of nitrogens with one attached hydrogen (secondary N) is 1. The third-order valence-electron chi connectivity index (χ3n) is 12.6. The summed E-state index contributed by atoms with van der Waals surface area (Å²) < 4.78 is 50.2. The minimum atomic E-state index is -0.952. The average Bonchev–Trinajstić information content (AvgIpc) is 3.53. The van der Waals surface area contributed by atoms with E-state index in [1.165, 1.54) is 12.1 Å². The molecular formula is C44H44F3N5O5. The predicted molar refractivity (Wildman–Crippen MR) is 207 cm³/mol. The number of rotatable bonds is 7. The van der Waals surface area contributed by atoms with Crippen LogP contribution in [-0.2, 0) is 16.1 Å². The van der Waals surface area contributed by atoms with Crippen molar-refractivity contribution in [2.75, 3.05) is 62.2 Å². The van der Waals surface area contributed by atoms with Gasteiger partial charge in [0.05, 0.1) is 12.3 Å². The Labute approximate surface area is 328 Å². The molecule has 4 aromatic carbocycles. The molecule has 0 saturated carbocycles. The molecule has 2 unspecified atom stereocenters. The predicted octanol–water partition coefficient (Wildman–Crippen LogP) is 5.92. The number of amides is 3. The van der Waals surface area contributed by atoms with Crippen molar-refractivity contribution < 1.29 is 37.4 Å². The smallest absolute Gasteiger partial charge is 0.255 e. The molecule has 9 rings (SSSR count).